The highest BCUT2D eigenvalue weighted by Gasteiger charge is 2.27. The summed E-state index contributed by atoms with van der Waals surface area (Å²) in [4.78, 5) is 0.137. The Kier molecular flexibility index (Phi) is 8.90. The van der Waals surface area contributed by atoms with Crippen molar-refractivity contribution < 1.29 is 13.5 Å². The van der Waals surface area contributed by atoms with Crippen molar-refractivity contribution in [1.82, 2.24) is 0 Å². The van der Waals surface area contributed by atoms with Gasteiger partial charge in [-0.1, -0.05) is 46.0 Å². The Bertz CT molecular complexity index is 381. The Hall–Kier alpha value is -0.100. The molecule has 0 radical (unpaired) electrons. The molecule has 4 nitrogen and oxygen atoms in total. The first-order valence-corrected chi connectivity index (χ1v) is 7.90. The van der Waals surface area contributed by atoms with Gasteiger partial charge in [-0.05, 0) is 18.3 Å². The van der Waals surface area contributed by atoms with Crippen molar-refractivity contribution in [3.8, 4) is 0 Å². The molecule has 2 unspecified atom stereocenters. The predicted octanol–water partition coefficient (Wildman–Crippen LogP) is 1.77. The third-order valence-electron chi connectivity index (χ3n) is 3.79. The van der Waals surface area contributed by atoms with Gasteiger partial charge in [-0.25, -0.2) is 0 Å². The Labute approximate surface area is 123 Å². The largest absolute Gasteiger partial charge is 0.386 e. The zero-order valence-corrected chi connectivity index (χ0v) is 13.3. The summed E-state index contributed by atoms with van der Waals surface area (Å²) in [7, 11) is -2.35. The van der Waals surface area contributed by atoms with Crippen molar-refractivity contribution in [2.75, 3.05) is 0 Å². The Morgan fingerprint density at radius 2 is 1.79 bits per heavy atom. The molecule has 0 heterocycles. The fourth-order valence-electron chi connectivity index (χ4n) is 2.78. The van der Waals surface area contributed by atoms with Crippen molar-refractivity contribution >= 4 is 27.6 Å². The van der Waals surface area contributed by atoms with Crippen LogP contribution in [0.15, 0.2) is 0 Å². The number of aliphatic hydroxyl groups is 1. The lowest BCUT2D eigenvalue weighted by Gasteiger charge is -2.27. The van der Waals surface area contributed by atoms with Gasteiger partial charge in [0.2, 0.25) is 10.3 Å². The monoisotopic (exact) mass is 311 g/mol. The van der Waals surface area contributed by atoms with Crippen LogP contribution in [-0.4, -0.2) is 30.5 Å². The number of rotatable bonds is 5. The van der Waals surface area contributed by atoms with Gasteiger partial charge in [-0.3, -0.25) is 0 Å². The van der Waals surface area contributed by atoms with Crippen molar-refractivity contribution in [2.24, 2.45) is 17.6 Å². The number of nitrogens with two attached hydrogens (primary N) is 1. The van der Waals surface area contributed by atoms with E-state index in [2.05, 4.69) is 0 Å². The molecule has 1 aliphatic rings. The van der Waals surface area contributed by atoms with Gasteiger partial charge in [0.1, 0.15) is 6.10 Å². The summed E-state index contributed by atoms with van der Waals surface area (Å²) < 4.78 is 22.3. The first-order chi connectivity index (χ1) is 8.43. The summed E-state index contributed by atoms with van der Waals surface area (Å²) in [6.45, 7) is 3.53. The lowest BCUT2D eigenvalue weighted by molar-refractivity contribution is 0.180. The number of aliphatic hydroxyl groups excluding tert-OH is 1. The van der Waals surface area contributed by atoms with Crippen LogP contribution in [0.1, 0.15) is 52.4 Å². The van der Waals surface area contributed by atoms with E-state index >= 15 is 0 Å². The van der Waals surface area contributed by atoms with E-state index < -0.39 is 22.4 Å². The maximum Gasteiger partial charge on any atom is 0.216 e. The number of halogens is 1. The SMILES string of the molecule is CC(C)C(C(O)C(N)CC1CCCCC1)=S(=O)=O.Cl. The minimum Gasteiger partial charge on any atom is -0.386 e. The molecule has 0 aromatic rings. The van der Waals surface area contributed by atoms with Crippen LogP contribution < -0.4 is 5.73 Å². The highest BCUT2D eigenvalue weighted by molar-refractivity contribution is 7.73. The van der Waals surface area contributed by atoms with E-state index in [1.807, 2.05) is 0 Å². The molecule has 114 valence electrons. The lowest BCUT2D eigenvalue weighted by Crippen LogP contribution is -2.44. The van der Waals surface area contributed by atoms with E-state index in [9.17, 15) is 13.5 Å². The highest BCUT2D eigenvalue weighted by atomic mass is 35.5. The van der Waals surface area contributed by atoms with E-state index in [0.29, 0.717) is 12.3 Å². The number of hydrogen-bond acceptors (Lipinski definition) is 4. The van der Waals surface area contributed by atoms with E-state index in [1.165, 1.54) is 19.3 Å². The lowest BCUT2D eigenvalue weighted by atomic mass is 9.83. The zero-order valence-electron chi connectivity index (χ0n) is 11.7. The van der Waals surface area contributed by atoms with Gasteiger partial charge in [-0.2, -0.15) is 8.42 Å². The van der Waals surface area contributed by atoms with Crippen molar-refractivity contribution in [3.63, 3.8) is 0 Å². The van der Waals surface area contributed by atoms with Crippen LogP contribution in [0.25, 0.3) is 0 Å². The van der Waals surface area contributed by atoms with E-state index in [0.717, 1.165) is 12.8 Å². The molecule has 1 rings (SSSR count). The second-order valence-corrected chi connectivity index (χ2v) is 6.58. The molecule has 0 spiro atoms. The fourth-order valence-corrected chi connectivity index (χ4v) is 3.54. The molecule has 0 aliphatic heterocycles. The smallest absolute Gasteiger partial charge is 0.216 e. The topological polar surface area (TPSA) is 80.4 Å². The summed E-state index contributed by atoms with van der Waals surface area (Å²) in [5, 5.41) is 10.1. The Morgan fingerprint density at radius 1 is 1.26 bits per heavy atom. The first kappa shape index (κ1) is 18.9. The third kappa shape index (κ3) is 5.81. The molecule has 0 aromatic heterocycles. The second-order valence-electron chi connectivity index (χ2n) is 5.64. The molecule has 19 heavy (non-hydrogen) atoms. The van der Waals surface area contributed by atoms with E-state index in [1.54, 1.807) is 13.8 Å². The van der Waals surface area contributed by atoms with Gasteiger partial charge >= 0.3 is 0 Å². The Morgan fingerprint density at radius 3 is 2.21 bits per heavy atom. The average Bonchev–Trinajstić information content (AvgIpc) is 2.29. The molecule has 2 atom stereocenters. The van der Waals surface area contributed by atoms with Crippen LogP contribution >= 0.6 is 12.4 Å². The van der Waals surface area contributed by atoms with Gasteiger partial charge in [0.25, 0.3) is 0 Å². The average molecular weight is 312 g/mol. The molecule has 1 saturated carbocycles. The van der Waals surface area contributed by atoms with E-state index in [-0.39, 0.29) is 23.2 Å². The molecule has 1 fully saturated rings. The standard InChI is InChI=1S/C13H25NO3S.ClH/c1-9(2)13(18(16)17)12(15)11(14)8-10-6-4-3-5-7-10;/h9-12,15H,3-8,14H2,1-2H3;1H. The Balaban J connectivity index is 0.00000324. The summed E-state index contributed by atoms with van der Waals surface area (Å²) in [5.41, 5.74) is 5.98. The normalized spacial score (nSPS) is 19.6. The van der Waals surface area contributed by atoms with Gasteiger partial charge < -0.3 is 10.8 Å². The molecule has 0 bridgehead atoms. The summed E-state index contributed by atoms with van der Waals surface area (Å²) in [6.07, 6.45) is 5.71. The van der Waals surface area contributed by atoms with Crippen LogP contribution in [0.5, 0.6) is 0 Å². The molecular formula is C13H26ClNO3S. The molecule has 0 amide bonds. The van der Waals surface area contributed by atoms with Gasteiger partial charge in [-0.15, -0.1) is 12.4 Å². The van der Waals surface area contributed by atoms with Gasteiger partial charge in [0, 0.05) is 6.04 Å². The summed E-state index contributed by atoms with van der Waals surface area (Å²) in [5.74, 6) is 0.340. The summed E-state index contributed by atoms with van der Waals surface area (Å²) in [6, 6.07) is -0.469. The molecule has 0 aromatic carbocycles. The quantitative estimate of drug-likeness (QED) is 0.758. The molecular weight excluding hydrogens is 286 g/mol. The van der Waals surface area contributed by atoms with Gasteiger partial charge in [0.15, 0.2) is 0 Å². The number of hydrogen-bond donors (Lipinski definition) is 2. The second kappa shape index (κ2) is 8.95. The minimum atomic E-state index is -2.35. The zero-order chi connectivity index (χ0) is 13.7. The third-order valence-corrected chi connectivity index (χ3v) is 4.89. The molecule has 1 aliphatic carbocycles. The van der Waals surface area contributed by atoms with Crippen molar-refractivity contribution in [2.45, 2.75) is 64.5 Å². The van der Waals surface area contributed by atoms with Crippen molar-refractivity contribution in [3.05, 3.63) is 0 Å². The van der Waals surface area contributed by atoms with Gasteiger partial charge in [0.05, 0.1) is 4.86 Å². The van der Waals surface area contributed by atoms with Crippen LogP contribution in [0.4, 0.5) is 0 Å². The van der Waals surface area contributed by atoms with Crippen molar-refractivity contribution in [1.29, 1.82) is 0 Å². The van der Waals surface area contributed by atoms with Crippen LogP contribution in [0.3, 0.4) is 0 Å². The van der Waals surface area contributed by atoms with Crippen LogP contribution in [0, 0.1) is 11.8 Å². The highest BCUT2D eigenvalue weighted by Crippen LogP contribution is 2.27. The molecule has 3 N–H and O–H groups in total. The first-order valence-electron chi connectivity index (χ1n) is 6.83. The maximum atomic E-state index is 11.1. The fraction of sp³-hybridized carbons (Fsp3) is 0.923. The maximum absolute atomic E-state index is 11.1. The van der Waals surface area contributed by atoms with Crippen LogP contribution in [-0.2, 0) is 10.3 Å². The summed E-state index contributed by atoms with van der Waals surface area (Å²) >= 11 is 0. The predicted molar refractivity (Wildman–Crippen MR) is 81.2 cm³/mol. The minimum absolute atomic E-state index is 0. The molecule has 6 heteroatoms. The molecule has 0 saturated heterocycles. The van der Waals surface area contributed by atoms with Crippen LogP contribution in [0.2, 0.25) is 0 Å². The van der Waals surface area contributed by atoms with E-state index in [4.69, 9.17) is 5.73 Å².